The summed E-state index contributed by atoms with van der Waals surface area (Å²) in [7, 11) is 1.91. The highest BCUT2D eigenvalue weighted by atomic mass is 16.1. The molecule has 0 unspecified atom stereocenters. The molecule has 6 nitrogen and oxygen atoms in total. The van der Waals surface area contributed by atoms with Gasteiger partial charge in [0.1, 0.15) is 5.82 Å². The van der Waals surface area contributed by atoms with E-state index in [0.29, 0.717) is 18.7 Å². The Morgan fingerprint density at radius 1 is 1.16 bits per heavy atom. The third kappa shape index (κ3) is 4.23. The van der Waals surface area contributed by atoms with E-state index >= 15 is 0 Å². The third-order valence-corrected chi connectivity index (χ3v) is 3.80. The van der Waals surface area contributed by atoms with Gasteiger partial charge in [-0.25, -0.2) is 4.98 Å². The maximum Gasteiger partial charge on any atom is 0.252 e. The summed E-state index contributed by atoms with van der Waals surface area (Å²) in [6.07, 6.45) is 5.43. The lowest BCUT2D eigenvalue weighted by molar-refractivity contribution is 0.0955. The summed E-state index contributed by atoms with van der Waals surface area (Å²) in [5.74, 6) is 0.630. The normalized spacial score (nSPS) is 10.5. The van der Waals surface area contributed by atoms with Crippen LogP contribution in [0.4, 0.5) is 5.82 Å². The van der Waals surface area contributed by atoms with Crippen molar-refractivity contribution in [2.45, 2.75) is 13.5 Å². The van der Waals surface area contributed by atoms with Crippen LogP contribution in [0.3, 0.4) is 0 Å². The molecule has 0 aliphatic heterocycles. The van der Waals surface area contributed by atoms with Crippen LogP contribution in [0.2, 0.25) is 0 Å². The van der Waals surface area contributed by atoms with Gasteiger partial charge in [0.25, 0.3) is 5.91 Å². The molecule has 1 aromatic carbocycles. The lowest BCUT2D eigenvalue weighted by Gasteiger charge is -2.08. The number of aromatic nitrogens is 3. The number of benzene rings is 1. The average Bonchev–Trinajstić information content (AvgIpc) is 3.07. The van der Waals surface area contributed by atoms with Gasteiger partial charge >= 0.3 is 0 Å². The molecule has 3 aromatic rings. The first-order valence-electron chi connectivity index (χ1n) is 8.22. The van der Waals surface area contributed by atoms with E-state index in [4.69, 9.17) is 0 Å². The van der Waals surface area contributed by atoms with Crippen molar-refractivity contribution in [3.8, 4) is 11.1 Å². The Labute approximate surface area is 146 Å². The molecule has 0 bridgehead atoms. The number of anilines is 1. The van der Waals surface area contributed by atoms with E-state index in [1.165, 1.54) is 0 Å². The minimum absolute atomic E-state index is 0.106. The van der Waals surface area contributed by atoms with Gasteiger partial charge in [0.05, 0.1) is 11.8 Å². The van der Waals surface area contributed by atoms with Gasteiger partial charge in [0.15, 0.2) is 0 Å². The van der Waals surface area contributed by atoms with Crippen LogP contribution in [-0.2, 0) is 13.6 Å². The van der Waals surface area contributed by atoms with Crippen LogP contribution in [-0.4, -0.2) is 27.2 Å². The van der Waals surface area contributed by atoms with Crippen LogP contribution in [0, 0.1) is 0 Å². The van der Waals surface area contributed by atoms with E-state index in [1.54, 1.807) is 16.9 Å². The van der Waals surface area contributed by atoms with Crippen molar-refractivity contribution in [2.24, 2.45) is 7.05 Å². The van der Waals surface area contributed by atoms with Crippen molar-refractivity contribution in [3.63, 3.8) is 0 Å². The highest BCUT2D eigenvalue weighted by molar-refractivity contribution is 5.93. The second-order valence-electron chi connectivity index (χ2n) is 5.75. The maximum absolute atomic E-state index is 11.7. The van der Waals surface area contributed by atoms with Gasteiger partial charge in [-0.1, -0.05) is 18.2 Å². The van der Waals surface area contributed by atoms with Gasteiger partial charge in [0, 0.05) is 38.1 Å². The number of hydrogen-bond acceptors (Lipinski definition) is 4. The van der Waals surface area contributed by atoms with Crippen LogP contribution >= 0.6 is 0 Å². The molecule has 2 heterocycles. The summed E-state index contributed by atoms with van der Waals surface area (Å²) >= 11 is 0. The lowest BCUT2D eigenvalue weighted by Crippen LogP contribution is -2.22. The van der Waals surface area contributed by atoms with Crippen molar-refractivity contribution in [2.75, 3.05) is 11.9 Å². The molecular formula is C19H21N5O. The number of amides is 1. The van der Waals surface area contributed by atoms with E-state index < -0.39 is 0 Å². The molecule has 6 heteroatoms. The first-order chi connectivity index (χ1) is 12.2. The molecule has 1 amide bonds. The molecule has 0 saturated heterocycles. The minimum atomic E-state index is -0.106. The largest absolute Gasteiger partial charge is 0.366 e. The maximum atomic E-state index is 11.7. The Morgan fingerprint density at radius 3 is 2.72 bits per heavy atom. The summed E-state index contributed by atoms with van der Waals surface area (Å²) in [6, 6.07) is 11.9. The van der Waals surface area contributed by atoms with E-state index in [2.05, 4.69) is 38.9 Å². The highest BCUT2D eigenvalue weighted by Gasteiger charge is 2.05. The number of pyridine rings is 1. The molecule has 128 valence electrons. The molecule has 3 rings (SSSR count). The molecule has 0 aliphatic rings. The summed E-state index contributed by atoms with van der Waals surface area (Å²) in [5, 5.41) is 10.2. The standard InChI is InChI=1S/C19H21N5O/c1-3-20-19(25)16-7-8-18(22-11-16)21-10-14-5-4-6-15(9-14)17-12-23-24(2)13-17/h4-9,11-13H,3,10H2,1-2H3,(H,20,25)(H,21,22). The molecule has 0 fully saturated rings. The molecule has 2 aromatic heterocycles. The van der Waals surface area contributed by atoms with Crippen molar-refractivity contribution in [1.82, 2.24) is 20.1 Å². The molecule has 0 aliphatic carbocycles. The van der Waals surface area contributed by atoms with Gasteiger partial charge in [-0.15, -0.1) is 0 Å². The fourth-order valence-corrected chi connectivity index (χ4v) is 2.52. The Kier molecular flexibility index (Phi) is 5.09. The third-order valence-electron chi connectivity index (χ3n) is 3.80. The number of hydrogen-bond donors (Lipinski definition) is 2. The van der Waals surface area contributed by atoms with E-state index in [-0.39, 0.29) is 5.91 Å². The Hall–Kier alpha value is -3.15. The fraction of sp³-hybridized carbons (Fsp3) is 0.211. The number of rotatable bonds is 6. The van der Waals surface area contributed by atoms with Crippen LogP contribution in [0.5, 0.6) is 0 Å². The Bertz CT molecular complexity index is 854. The van der Waals surface area contributed by atoms with E-state index in [1.807, 2.05) is 38.5 Å². The molecule has 0 spiro atoms. The van der Waals surface area contributed by atoms with Crippen molar-refractivity contribution >= 4 is 11.7 Å². The zero-order chi connectivity index (χ0) is 17.6. The van der Waals surface area contributed by atoms with Crippen LogP contribution < -0.4 is 10.6 Å². The Balaban J connectivity index is 1.64. The Morgan fingerprint density at radius 2 is 2.04 bits per heavy atom. The van der Waals surface area contributed by atoms with E-state index in [9.17, 15) is 4.79 Å². The smallest absolute Gasteiger partial charge is 0.252 e. The predicted molar refractivity (Wildman–Crippen MR) is 98.2 cm³/mol. The van der Waals surface area contributed by atoms with Gasteiger partial charge in [0.2, 0.25) is 0 Å². The SMILES string of the molecule is CCNC(=O)c1ccc(NCc2cccc(-c3cnn(C)c3)c2)nc1. The number of aryl methyl sites for hydroxylation is 1. The quantitative estimate of drug-likeness (QED) is 0.726. The van der Waals surface area contributed by atoms with E-state index in [0.717, 1.165) is 22.5 Å². The zero-order valence-corrected chi connectivity index (χ0v) is 14.4. The predicted octanol–water partition coefficient (Wildman–Crippen LogP) is 2.84. The summed E-state index contributed by atoms with van der Waals surface area (Å²) in [5.41, 5.74) is 3.93. The van der Waals surface area contributed by atoms with Crippen LogP contribution in [0.1, 0.15) is 22.8 Å². The second kappa shape index (κ2) is 7.61. The molecule has 0 saturated carbocycles. The van der Waals surface area contributed by atoms with Gasteiger partial charge in [-0.3, -0.25) is 9.48 Å². The average molecular weight is 335 g/mol. The summed E-state index contributed by atoms with van der Waals surface area (Å²) in [6.45, 7) is 3.15. The number of carbonyl (C=O) groups excluding carboxylic acids is 1. The molecule has 0 atom stereocenters. The topological polar surface area (TPSA) is 71.8 Å². The van der Waals surface area contributed by atoms with Crippen LogP contribution in [0.15, 0.2) is 55.0 Å². The van der Waals surface area contributed by atoms with Crippen molar-refractivity contribution in [1.29, 1.82) is 0 Å². The van der Waals surface area contributed by atoms with Crippen LogP contribution in [0.25, 0.3) is 11.1 Å². The minimum Gasteiger partial charge on any atom is -0.366 e. The van der Waals surface area contributed by atoms with Crippen molar-refractivity contribution < 1.29 is 4.79 Å². The molecule has 0 radical (unpaired) electrons. The molecular weight excluding hydrogens is 314 g/mol. The highest BCUT2D eigenvalue weighted by Crippen LogP contribution is 2.20. The van der Waals surface area contributed by atoms with Gasteiger partial charge in [-0.05, 0) is 36.2 Å². The zero-order valence-electron chi connectivity index (χ0n) is 14.4. The number of nitrogens with zero attached hydrogens (tertiary/aromatic N) is 3. The second-order valence-corrected chi connectivity index (χ2v) is 5.75. The number of carbonyl (C=O) groups is 1. The molecule has 25 heavy (non-hydrogen) atoms. The first-order valence-corrected chi connectivity index (χ1v) is 8.22. The lowest BCUT2D eigenvalue weighted by atomic mass is 10.1. The fourth-order valence-electron chi connectivity index (χ4n) is 2.52. The van der Waals surface area contributed by atoms with Crippen molar-refractivity contribution in [3.05, 3.63) is 66.1 Å². The summed E-state index contributed by atoms with van der Waals surface area (Å²) < 4.78 is 1.79. The summed E-state index contributed by atoms with van der Waals surface area (Å²) in [4.78, 5) is 16.0. The monoisotopic (exact) mass is 335 g/mol. The number of nitrogens with one attached hydrogen (secondary N) is 2. The van der Waals surface area contributed by atoms with Gasteiger partial charge < -0.3 is 10.6 Å². The van der Waals surface area contributed by atoms with Gasteiger partial charge in [-0.2, -0.15) is 5.10 Å². The first kappa shape index (κ1) is 16.7. The molecule has 2 N–H and O–H groups in total.